The van der Waals surface area contributed by atoms with Crippen molar-refractivity contribution < 1.29 is 0 Å². The summed E-state index contributed by atoms with van der Waals surface area (Å²) < 4.78 is 0. The summed E-state index contributed by atoms with van der Waals surface area (Å²) in [5.74, 6) is 1.02. The van der Waals surface area contributed by atoms with Crippen molar-refractivity contribution in [1.82, 2.24) is 0 Å². The van der Waals surface area contributed by atoms with E-state index in [1.165, 1.54) is 0 Å². The molecule has 70 valence electrons. The molecule has 0 saturated carbocycles. The van der Waals surface area contributed by atoms with Gasteiger partial charge in [0.1, 0.15) is 0 Å². The number of halogens is 2. The molecule has 0 aliphatic carbocycles. The Morgan fingerprint density at radius 3 is 2.92 bits per heavy atom. The van der Waals surface area contributed by atoms with Crippen molar-refractivity contribution in [3.05, 3.63) is 27.7 Å². The second-order valence-corrected chi connectivity index (χ2v) is 4.91. The molecule has 0 amide bonds. The average molecular weight is 234 g/mol. The normalized spacial score (nSPS) is 21.3. The average Bonchev–Trinajstić information content (AvgIpc) is 2.12. The lowest BCUT2D eigenvalue weighted by Gasteiger charge is -2.22. The molecule has 13 heavy (non-hydrogen) atoms. The van der Waals surface area contributed by atoms with Gasteiger partial charge in [0.15, 0.2) is 0 Å². The summed E-state index contributed by atoms with van der Waals surface area (Å²) in [6.45, 7) is 0. The SMILES string of the molecule is NC1CCSc2c1ccc(Cl)c2Cl. The summed E-state index contributed by atoms with van der Waals surface area (Å²) >= 11 is 13.7. The van der Waals surface area contributed by atoms with Gasteiger partial charge in [-0.25, -0.2) is 0 Å². The third-order valence-corrected chi connectivity index (χ3v) is 4.24. The van der Waals surface area contributed by atoms with Gasteiger partial charge >= 0.3 is 0 Å². The third-order valence-electron chi connectivity index (χ3n) is 2.16. The van der Waals surface area contributed by atoms with Gasteiger partial charge in [-0.05, 0) is 23.8 Å². The van der Waals surface area contributed by atoms with Gasteiger partial charge in [-0.1, -0.05) is 29.3 Å². The number of hydrogen-bond acceptors (Lipinski definition) is 2. The van der Waals surface area contributed by atoms with E-state index in [0.29, 0.717) is 10.0 Å². The first-order valence-electron chi connectivity index (χ1n) is 4.06. The Labute approximate surface area is 91.6 Å². The minimum atomic E-state index is 0.117. The minimum absolute atomic E-state index is 0.117. The van der Waals surface area contributed by atoms with E-state index in [2.05, 4.69) is 0 Å². The summed E-state index contributed by atoms with van der Waals surface area (Å²) in [6.07, 6.45) is 1.01. The quantitative estimate of drug-likeness (QED) is 0.743. The first kappa shape index (κ1) is 9.66. The van der Waals surface area contributed by atoms with Crippen molar-refractivity contribution in [2.45, 2.75) is 17.4 Å². The fourth-order valence-corrected chi connectivity index (χ4v) is 3.18. The van der Waals surface area contributed by atoms with Gasteiger partial charge in [0, 0.05) is 10.9 Å². The van der Waals surface area contributed by atoms with E-state index in [-0.39, 0.29) is 6.04 Å². The molecular weight excluding hydrogens is 225 g/mol. The van der Waals surface area contributed by atoms with E-state index in [9.17, 15) is 0 Å². The van der Waals surface area contributed by atoms with Gasteiger partial charge in [0.05, 0.1) is 10.0 Å². The molecule has 0 aromatic heterocycles. The molecule has 2 N–H and O–H groups in total. The maximum atomic E-state index is 6.07. The summed E-state index contributed by atoms with van der Waals surface area (Å²) in [6, 6.07) is 3.90. The summed E-state index contributed by atoms with van der Waals surface area (Å²) in [5, 5.41) is 1.27. The Bertz CT molecular complexity index is 341. The second kappa shape index (κ2) is 3.70. The molecule has 1 aliphatic rings. The number of benzene rings is 1. The zero-order valence-corrected chi connectivity index (χ0v) is 9.22. The first-order chi connectivity index (χ1) is 6.20. The zero-order chi connectivity index (χ0) is 9.42. The molecule has 1 heterocycles. The van der Waals surface area contributed by atoms with E-state index in [4.69, 9.17) is 28.9 Å². The molecule has 1 aromatic rings. The number of rotatable bonds is 0. The Hall–Kier alpha value is 0.110. The van der Waals surface area contributed by atoms with Gasteiger partial charge in [0.2, 0.25) is 0 Å². The smallest absolute Gasteiger partial charge is 0.0731 e. The van der Waals surface area contributed by atoms with E-state index < -0.39 is 0 Å². The first-order valence-corrected chi connectivity index (χ1v) is 5.80. The molecule has 0 spiro atoms. The molecule has 1 nitrogen and oxygen atoms in total. The van der Waals surface area contributed by atoms with Crippen molar-refractivity contribution in [2.24, 2.45) is 5.73 Å². The molecule has 0 bridgehead atoms. The van der Waals surface area contributed by atoms with Gasteiger partial charge in [-0.2, -0.15) is 0 Å². The summed E-state index contributed by atoms with van der Waals surface area (Å²) in [5.41, 5.74) is 7.08. The molecule has 1 aliphatic heterocycles. The van der Waals surface area contributed by atoms with Gasteiger partial charge in [-0.3, -0.25) is 0 Å². The van der Waals surface area contributed by atoms with Gasteiger partial charge in [0.25, 0.3) is 0 Å². The molecule has 2 rings (SSSR count). The van der Waals surface area contributed by atoms with E-state index >= 15 is 0 Å². The lowest BCUT2D eigenvalue weighted by Crippen LogP contribution is -2.15. The molecule has 1 unspecified atom stereocenters. The van der Waals surface area contributed by atoms with Crippen LogP contribution >= 0.6 is 35.0 Å². The fraction of sp³-hybridized carbons (Fsp3) is 0.333. The monoisotopic (exact) mass is 233 g/mol. The highest BCUT2D eigenvalue weighted by molar-refractivity contribution is 7.99. The van der Waals surface area contributed by atoms with E-state index in [1.54, 1.807) is 11.8 Å². The standard InChI is InChI=1S/C9H9Cl2NS/c10-6-2-1-5-7(12)3-4-13-9(5)8(6)11/h1-2,7H,3-4,12H2. The number of nitrogens with two attached hydrogens (primary N) is 1. The Kier molecular flexibility index (Phi) is 2.75. The molecule has 0 saturated heterocycles. The largest absolute Gasteiger partial charge is 0.324 e. The Balaban J connectivity index is 2.56. The van der Waals surface area contributed by atoms with Crippen molar-refractivity contribution in [1.29, 1.82) is 0 Å². The van der Waals surface area contributed by atoms with Crippen LogP contribution in [0.2, 0.25) is 10.0 Å². The van der Waals surface area contributed by atoms with Crippen LogP contribution in [0.5, 0.6) is 0 Å². The summed E-state index contributed by atoms with van der Waals surface area (Å²) in [4.78, 5) is 1.06. The van der Waals surface area contributed by atoms with Crippen LogP contribution in [0.25, 0.3) is 0 Å². The van der Waals surface area contributed by atoms with Crippen LogP contribution in [0.15, 0.2) is 17.0 Å². The summed E-state index contributed by atoms with van der Waals surface area (Å²) in [7, 11) is 0. The highest BCUT2D eigenvalue weighted by Gasteiger charge is 2.20. The third kappa shape index (κ3) is 1.68. The van der Waals surface area contributed by atoms with E-state index in [0.717, 1.165) is 22.6 Å². The van der Waals surface area contributed by atoms with Crippen molar-refractivity contribution in [3.63, 3.8) is 0 Å². The van der Waals surface area contributed by atoms with Gasteiger partial charge < -0.3 is 5.73 Å². The zero-order valence-electron chi connectivity index (χ0n) is 6.89. The van der Waals surface area contributed by atoms with Crippen molar-refractivity contribution >= 4 is 35.0 Å². The van der Waals surface area contributed by atoms with Crippen LogP contribution in [0, 0.1) is 0 Å². The minimum Gasteiger partial charge on any atom is -0.324 e. The molecule has 1 atom stereocenters. The van der Waals surface area contributed by atoms with Crippen molar-refractivity contribution in [3.8, 4) is 0 Å². The van der Waals surface area contributed by atoms with E-state index in [1.807, 2.05) is 12.1 Å². The topological polar surface area (TPSA) is 26.0 Å². The fourth-order valence-electron chi connectivity index (χ4n) is 1.43. The highest BCUT2D eigenvalue weighted by atomic mass is 35.5. The lowest BCUT2D eigenvalue weighted by atomic mass is 10.1. The lowest BCUT2D eigenvalue weighted by molar-refractivity contribution is 0.680. The maximum Gasteiger partial charge on any atom is 0.0731 e. The maximum absolute atomic E-state index is 6.07. The number of thioether (sulfide) groups is 1. The van der Waals surface area contributed by atoms with Gasteiger partial charge in [-0.15, -0.1) is 11.8 Å². The second-order valence-electron chi connectivity index (χ2n) is 3.02. The predicted octanol–water partition coefficient (Wildman–Crippen LogP) is 3.49. The van der Waals surface area contributed by atoms with Crippen molar-refractivity contribution in [2.75, 3.05) is 5.75 Å². The Morgan fingerprint density at radius 1 is 1.38 bits per heavy atom. The molecule has 4 heteroatoms. The molecule has 1 aromatic carbocycles. The molecule has 0 radical (unpaired) electrons. The molecule has 0 fully saturated rings. The van der Waals surface area contributed by atoms with Crippen LogP contribution in [0.3, 0.4) is 0 Å². The van der Waals surface area contributed by atoms with Crippen LogP contribution < -0.4 is 5.73 Å². The number of fused-ring (bicyclic) bond motifs is 1. The van der Waals surface area contributed by atoms with Crippen LogP contribution in [0.1, 0.15) is 18.0 Å². The molecular formula is C9H9Cl2NS. The predicted molar refractivity (Wildman–Crippen MR) is 58.7 cm³/mol. The Morgan fingerprint density at radius 2 is 2.15 bits per heavy atom. The van der Waals surface area contributed by atoms with Crippen LogP contribution in [-0.2, 0) is 0 Å². The van der Waals surface area contributed by atoms with Crippen LogP contribution in [0.4, 0.5) is 0 Å². The van der Waals surface area contributed by atoms with Crippen LogP contribution in [-0.4, -0.2) is 5.75 Å². The number of hydrogen-bond donors (Lipinski definition) is 1. The highest BCUT2D eigenvalue weighted by Crippen LogP contribution is 2.42.